The Hall–Kier alpha value is -1.34. The van der Waals surface area contributed by atoms with Gasteiger partial charge in [-0.1, -0.05) is 13.3 Å². The van der Waals surface area contributed by atoms with Gasteiger partial charge in [-0.05, 0) is 46.7 Å². The Bertz CT molecular complexity index is 483. The molecule has 162 valence electrons. The minimum atomic E-state index is -0.00742. The molecule has 1 N–H and O–H groups in total. The molecular formula is C21H42N6O. The van der Waals surface area contributed by atoms with E-state index in [0.717, 1.165) is 84.2 Å². The lowest BCUT2D eigenvalue weighted by atomic mass is 10.2. The molecule has 7 heteroatoms. The van der Waals surface area contributed by atoms with Gasteiger partial charge in [-0.25, -0.2) is 0 Å². The zero-order valence-corrected chi connectivity index (χ0v) is 18.6. The molecule has 0 spiro atoms. The zero-order valence-electron chi connectivity index (χ0n) is 18.6. The fraction of sp³-hybridized carbons (Fsp3) is 0.905. The number of guanidine groups is 1. The average Bonchev–Trinajstić information content (AvgIpc) is 3.25. The Labute approximate surface area is 172 Å². The first-order valence-electron chi connectivity index (χ1n) is 11.3. The number of amides is 1. The molecule has 7 nitrogen and oxygen atoms in total. The minimum absolute atomic E-state index is 0.00742. The van der Waals surface area contributed by atoms with Crippen molar-refractivity contribution in [2.24, 2.45) is 4.99 Å². The molecule has 0 bridgehead atoms. The molecule has 2 saturated heterocycles. The Kier molecular flexibility index (Phi) is 10.1. The van der Waals surface area contributed by atoms with E-state index in [-0.39, 0.29) is 6.04 Å². The van der Waals surface area contributed by atoms with E-state index in [4.69, 9.17) is 4.99 Å². The van der Waals surface area contributed by atoms with Gasteiger partial charge >= 0.3 is 0 Å². The van der Waals surface area contributed by atoms with Crippen LogP contribution in [0.2, 0.25) is 0 Å². The van der Waals surface area contributed by atoms with Crippen LogP contribution in [-0.2, 0) is 4.79 Å². The number of hydrogen-bond donors (Lipinski definition) is 1. The third-order valence-corrected chi connectivity index (χ3v) is 5.91. The number of carbonyl (C=O) groups excluding carboxylic acids is 1. The van der Waals surface area contributed by atoms with Crippen LogP contribution in [0.25, 0.3) is 0 Å². The average molecular weight is 395 g/mol. The van der Waals surface area contributed by atoms with Crippen molar-refractivity contribution in [3.05, 3.63) is 0 Å². The highest BCUT2D eigenvalue weighted by molar-refractivity contribution is 5.82. The summed E-state index contributed by atoms with van der Waals surface area (Å²) in [4.78, 5) is 26.6. The SMILES string of the molecule is CCCCN(C)CCN=C(NCC)N1CCN(C(C)C(=O)N2CCCC2)CC1. The molecule has 0 aromatic rings. The van der Waals surface area contributed by atoms with Crippen LogP contribution in [0.3, 0.4) is 0 Å². The molecule has 2 rings (SSSR count). The summed E-state index contributed by atoms with van der Waals surface area (Å²) in [6.45, 7) is 15.8. The summed E-state index contributed by atoms with van der Waals surface area (Å²) in [6.07, 6.45) is 4.79. The van der Waals surface area contributed by atoms with Gasteiger partial charge in [0.05, 0.1) is 12.6 Å². The molecule has 1 unspecified atom stereocenters. The largest absolute Gasteiger partial charge is 0.357 e. The van der Waals surface area contributed by atoms with E-state index in [1.807, 2.05) is 4.90 Å². The molecule has 0 saturated carbocycles. The summed E-state index contributed by atoms with van der Waals surface area (Å²) in [6, 6.07) is -0.00742. The maximum atomic E-state index is 12.7. The van der Waals surface area contributed by atoms with Crippen molar-refractivity contribution in [3.63, 3.8) is 0 Å². The summed E-state index contributed by atoms with van der Waals surface area (Å²) in [5.41, 5.74) is 0. The number of rotatable bonds is 9. The standard InChI is InChI=1S/C21H42N6O/c1-5-7-11-24(4)14-10-23-21(22-6-2)27-17-15-25(16-18-27)19(3)20(28)26-12-8-9-13-26/h19H,5-18H2,1-4H3,(H,22,23). The molecule has 0 aromatic heterocycles. The number of likely N-dealkylation sites (tertiary alicyclic amines) is 1. The Morgan fingerprint density at radius 1 is 1.04 bits per heavy atom. The second kappa shape index (κ2) is 12.3. The lowest BCUT2D eigenvalue weighted by molar-refractivity contribution is -0.135. The molecule has 2 heterocycles. The molecule has 2 aliphatic rings. The van der Waals surface area contributed by atoms with E-state index < -0.39 is 0 Å². The first kappa shape index (κ1) is 22.9. The number of unbranched alkanes of at least 4 members (excludes halogenated alkanes) is 1. The first-order valence-corrected chi connectivity index (χ1v) is 11.3. The molecule has 28 heavy (non-hydrogen) atoms. The summed E-state index contributed by atoms with van der Waals surface area (Å²) >= 11 is 0. The molecule has 0 radical (unpaired) electrons. The second-order valence-corrected chi connectivity index (χ2v) is 8.12. The van der Waals surface area contributed by atoms with E-state index >= 15 is 0 Å². The highest BCUT2D eigenvalue weighted by atomic mass is 16.2. The van der Waals surface area contributed by atoms with E-state index in [1.165, 1.54) is 12.8 Å². The van der Waals surface area contributed by atoms with Crippen molar-refractivity contribution in [1.82, 2.24) is 24.9 Å². The van der Waals surface area contributed by atoms with E-state index in [0.29, 0.717) is 5.91 Å². The van der Waals surface area contributed by atoms with Crippen LogP contribution in [0.5, 0.6) is 0 Å². The quantitative estimate of drug-likeness (QED) is 0.472. The topological polar surface area (TPSA) is 54.4 Å². The van der Waals surface area contributed by atoms with Crippen LogP contribution in [-0.4, -0.2) is 110 Å². The zero-order chi connectivity index (χ0) is 20.4. The number of hydrogen-bond acceptors (Lipinski definition) is 4. The fourth-order valence-corrected chi connectivity index (χ4v) is 3.97. The van der Waals surface area contributed by atoms with Crippen molar-refractivity contribution in [2.45, 2.75) is 52.5 Å². The van der Waals surface area contributed by atoms with Gasteiger partial charge in [-0.15, -0.1) is 0 Å². The van der Waals surface area contributed by atoms with Gasteiger partial charge in [0.15, 0.2) is 5.96 Å². The highest BCUT2D eigenvalue weighted by Gasteiger charge is 2.30. The minimum Gasteiger partial charge on any atom is -0.357 e. The highest BCUT2D eigenvalue weighted by Crippen LogP contribution is 2.14. The Morgan fingerprint density at radius 2 is 1.71 bits per heavy atom. The predicted octanol–water partition coefficient (Wildman–Crippen LogP) is 1.31. The van der Waals surface area contributed by atoms with Crippen molar-refractivity contribution < 1.29 is 4.79 Å². The lowest BCUT2D eigenvalue weighted by Crippen LogP contribution is -2.57. The van der Waals surface area contributed by atoms with Crippen molar-refractivity contribution in [2.75, 3.05) is 72.5 Å². The van der Waals surface area contributed by atoms with Gasteiger partial charge in [0.25, 0.3) is 0 Å². The molecule has 0 aromatic carbocycles. The number of aliphatic imine (C=N–C) groups is 1. The van der Waals surface area contributed by atoms with Gasteiger partial charge in [-0.2, -0.15) is 0 Å². The Morgan fingerprint density at radius 3 is 2.32 bits per heavy atom. The second-order valence-electron chi connectivity index (χ2n) is 8.12. The van der Waals surface area contributed by atoms with E-state index in [9.17, 15) is 4.79 Å². The Balaban J connectivity index is 1.80. The third-order valence-electron chi connectivity index (χ3n) is 5.91. The van der Waals surface area contributed by atoms with Crippen molar-refractivity contribution in [3.8, 4) is 0 Å². The van der Waals surface area contributed by atoms with Crippen LogP contribution in [0.15, 0.2) is 4.99 Å². The van der Waals surface area contributed by atoms with Crippen LogP contribution in [0.1, 0.15) is 46.5 Å². The molecule has 0 aliphatic carbocycles. The molecule has 1 amide bonds. The van der Waals surface area contributed by atoms with Crippen LogP contribution >= 0.6 is 0 Å². The summed E-state index contributed by atoms with van der Waals surface area (Å²) in [5.74, 6) is 1.33. The van der Waals surface area contributed by atoms with Gasteiger partial charge in [0.2, 0.25) is 5.91 Å². The molecular weight excluding hydrogens is 352 g/mol. The maximum Gasteiger partial charge on any atom is 0.239 e. The molecule has 1 atom stereocenters. The van der Waals surface area contributed by atoms with E-state index in [2.05, 4.69) is 47.8 Å². The van der Waals surface area contributed by atoms with Crippen LogP contribution in [0, 0.1) is 0 Å². The van der Waals surface area contributed by atoms with Gasteiger partial charge in [-0.3, -0.25) is 14.7 Å². The summed E-state index contributed by atoms with van der Waals surface area (Å²) < 4.78 is 0. The van der Waals surface area contributed by atoms with Crippen molar-refractivity contribution >= 4 is 11.9 Å². The molecule has 2 fully saturated rings. The van der Waals surface area contributed by atoms with Gasteiger partial charge in [0, 0.05) is 52.4 Å². The normalized spacial score (nSPS) is 20.1. The number of likely N-dealkylation sites (N-methyl/N-ethyl adjacent to an activating group) is 1. The molecule has 2 aliphatic heterocycles. The summed E-state index contributed by atoms with van der Waals surface area (Å²) in [7, 11) is 2.18. The van der Waals surface area contributed by atoms with Crippen LogP contribution < -0.4 is 5.32 Å². The van der Waals surface area contributed by atoms with Crippen molar-refractivity contribution in [1.29, 1.82) is 0 Å². The van der Waals surface area contributed by atoms with E-state index in [1.54, 1.807) is 0 Å². The summed E-state index contributed by atoms with van der Waals surface area (Å²) in [5, 5.41) is 3.44. The van der Waals surface area contributed by atoms with Gasteiger partial charge in [0.1, 0.15) is 0 Å². The monoisotopic (exact) mass is 394 g/mol. The lowest BCUT2D eigenvalue weighted by Gasteiger charge is -2.39. The predicted molar refractivity (Wildman–Crippen MR) is 117 cm³/mol. The number of nitrogens with one attached hydrogen (secondary N) is 1. The maximum absolute atomic E-state index is 12.7. The van der Waals surface area contributed by atoms with Gasteiger partial charge < -0.3 is 20.0 Å². The third kappa shape index (κ3) is 6.92. The smallest absolute Gasteiger partial charge is 0.239 e. The number of carbonyl (C=O) groups is 1. The fourth-order valence-electron chi connectivity index (χ4n) is 3.97. The first-order chi connectivity index (χ1) is 13.6. The number of piperazine rings is 1. The van der Waals surface area contributed by atoms with Crippen LogP contribution in [0.4, 0.5) is 0 Å². The number of nitrogens with zero attached hydrogens (tertiary/aromatic N) is 5.